The molecule has 1 fully saturated rings. The van der Waals surface area contributed by atoms with Gasteiger partial charge < -0.3 is 4.74 Å². The zero-order chi connectivity index (χ0) is 4.41. The molecule has 1 saturated heterocycles. The lowest BCUT2D eigenvalue weighted by atomic mass is 10.3. The summed E-state index contributed by atoms with van der Waals surface area (Å²) < 4.78 is 5.10. The molecular weight excluding hydrogens is 76.1 g/mol. The molecule has 0 saturated carbocycles. The molecule has 0 amide bonds. The van der Waals surface area contributed by atoms with Crippen LogP contribution in [0.15, 0.2) is 0 Å². The summed E-state index contributed by atoms with van der Waals surface area (Å²) in [6.45, 7) is 2.95. The maximum atomic E-state index is 5.10. The highest BCUT2D eigenvalue weighted by Crippen LogP contribution is 2.08. The first kappa shape index (κ1) is 4.13. The fourth-order valence-electron chi connectivity index (χ4n) is 0.603. The predicted molar refractivity (Wildman–Crippen MR) is 24.3 cm³/mol. The van der Waals surface area contributed by atoms with E-state index in [0.29, 0.717) is 6.10 Å². The van der Waals surface area contributed by atoms with Crippen molar-refractivity contribution in [2.45, 2.75) is 19.4 Å². The second kappa shape index (κ2) is 1.61. The molecule has 1 unspecified atom stereocenters. The highest BCUT2D eigenvalue weighted by Gasteiger charge is 2.07. The Hall–Kier alpha value is -0.0400. The molecule has 0 aromatic carbocycles. The molecule has 1 radical (unpaired) electrons. The van der Waals surface area contributed by atoms with Crippen molar-refractivity contribution in [1.29, 1.82) is 0 Å². The van der Waals surface area contributed by atoms with E-state index in [1.165, 1.54) is 0 Å². The quantitative estimate of drug-likeness (QED) is 0.426. The van der Waals surface area contributed by atoms with E-state index < -0.39 is 0 Å². The summed E-state index contributed by atoms with van der Waals surface area (Å²) in [5, 5.41) is 0. The fraction of sp³-hybridized carbons (Fsp3) is 0.800. The molecule has 1 heteroatoms. The van der Waals surface area contributed by atoms with Crippen LogP contribution in [0.4, 0.5) is 0 Å². The predicted octanol–water partition coefficient (Wildman–Crippen LogP) is 0.999. The molecule has 35 valence electrons. The number of hydrogen-bond donors (Lipinski definition) is 0. The maximum absolute atomic E-state index is 5.10. The summed E-state index contributed by atoms with van der Waals surface area (Å²) >= 11 is 0. The van der Waals surface area contributed by atoms with Gasteiger partial charge in [-0.3, -0.25) is 0 Å². The summed E-state index contributed by atoms with van der Waals surface area (Å²) in [6, 6.07) is 0. The molecule has 0 N–H and O–H groups in total. The fourth-order valence-corrected chi connectivity index (χ4v) is 0.603. The van der Waals surface area contributed by atoms with Crippen LogP contribution < -0.4 is 0 Å². The first-order valence-electron chi connectivity index (χ1n) is 2.33. The van der Waals surface area contributed by atoms with Gasteiger partial charge in [0.1, 0.15) is 0 Å². The van der Waals surface area contributed by atoms with Gasteiger partial charge in [0.15, 0.2) is 0 Å². The highest BCUT2D eigenvalue weighted by molar-refractivity contribution is 4.74. The van der Waals surface area contributed by atoms with Gasteiger partial charge in [0.25, 0.3) is 0 Å². The van der Waals surface area contributed by atoms with E-state index in [9.17, 15) is 0 Å². The summed E-state index contributed by atoms with van der Waals surface area (Å²) in [4.78, 5) is 0. The molecule has 0 aromatic rings. The van der Waals surface area contributed by atoms with Crippen LogP contribution in [-0.2, 0) is 4.74 Å². The van der Waals surface area contributed by atoms with Crippen LogP contribution in [0, 0.1) is 6.42 Å². The van der Waals surface area contributed by atoms with E-state index in [1.54, 1.807) is 0 Å². The van der Waals surface area contributed by atoms with Crippen LogP contribution in [0.2, 0.25) is 0 Å². The van der Waals surface area contributed by atoms with Crippen LogP contribution in [0.5, 0.6) is 0 Å². The van der Waals surface area contributed by atoms with Crippen LogP contribution in [0.25, 0.3) is 0 Å². The first-order valence-corrected chi connectivity index (χ1v) is 2.33. The summed E-state index contributed by atoms with van der Waals surface area (Å²) in [5.41, 5.74) is 0. The number of ether oxygens (including phenoxy) is 1. The zero-order valence-corrected chi connectivity index (χ0v) is 3.98. The van der Waals surface area contributed by atoms with Gasteiger partial charge >= 0.3 is 0 Å². The van der Waals surface area contributed by atoms with Crippen molar-refractivity contribution in [3.05, 3.63) is 6.42 Å². The molecule has 1 atom stereocenters. The maximum Gasteiger partial charge on any atom is 0.0550 e. The topological polar surface area (TPSA) is 9.23 Å². The Bertz CT molecular complexity index is 37.2. The molecule has 1 aliphatic rings. The molecule has 1 rings (SSSR count). The third-order valence-corrected chi connectivity index (χ3v) is 0.997. The Balaban J connectivity index is 2.18. The Morgan fingerprint density at radius 2 is 2.67 bits per heavy atom. The molecule has 0 spiro atoms. The Kier molecular flexibility index (Phi) is 1.10. The Morgan fingerprint density at radius 3 is 2.83 bits per heavy atom. The van der Waals surface area contributed by atoms with E-state index in [0.717, 1.165) is 13.0 Å². The summed E-state index contributed by atoms with van der Waals surface area (Å²) in [7, 11) is 0. The van der Waals surface area contributed by atoms with Crippen molar-refractivity contribution >= 4 is 0 Å². The first-order chi connectivity index (χ1) is 2.89. The minimum absolute atomic E-state index is 0.491. The zero-order valence-electron chi connectivity index (χ0n) is 3.98. The number of rotatable bonds is 0. The van der Waals surface area contributed by atoms with Crippen LogP contribution >= 0.6 is 0 Å². The van der Waals surface area contributed by atoms with Crippen molar-refractivity contribution in [2.75, 3.05) is 6.61 Å². The third kappa shape index (κ3) is 0.716. The molecular formula is C5H9O. The van der Waals surface area contributed by atoms with Gasteiger partial charge in [0.05, 0.1) is 12.7 Å². The Morgan fingerprint density at radius 1 is 1.83 bits per heavy atom. The van der Waals surface area contributed by atoms with Gasteiger partial charge in [-0.2, -0.15) is 0 Å². The van der Waals surface area contributed by atoms with E-state index in [2.05, 4.69) is 13.3 Å². The van der Waals surface area contributed by atoms with Crippen molar-refractivity contribution in [3.63, 3.8) is 0 Å². The van der Waals surface area contributed by atoms with Crippen molar-refractivity contribution in [1.82, 2.24) is 0 Å². The minimum Gasteiger partial charge on any atom is -0.378 e. The molecule has 1 aliphatic heterocycles. The molecule has 0 aliphatic carbocycles. The van der Waals surface area contributed by atoms with Gasteiger partial charge in [-0.15, -0.1) is 0 Å². The van der Waals surface area contributed by atoms with Crippen LogP contribution in [-0.4, -0.2) is 12.7 Å². The van der Waals surface area contributed by atoms with Gasteiger partial charge in [0.2, 0.25) is 0 Å². The van der Waals surface area contributed by atoms with Crippen molar-refractivity contribution in [3.8, 4) is 0 Å². The highest BCUT2D eigenvalue weighted by atomic mass is 16.5. The molecule has 6 heavy (non-hydrogen) atoms. The summed E-state index contributed by atoms with van der Waals surface area (Å²) in [6.07, 6.45) is 3.79. The molecule has 1 heterocycles. The van der Waals surface area contributed by atoms with Gasteiger partial charge in [0, 0.05) is 0 Å². The third-order valence-electron chi connectivity index (χ3n) is 0.997. The SMILES string of the molecule is CC1C[CH]CO1. The average Bonchev–Trinajstić information content (AvgIpc) is 1.86. The molecule has 0 bridgehead atoms. The summed E-state index contributed by atoms with van der Waals surface area (Å²) in [5.74, 6) is 0. The minimum atomic E-state index is 0.491. The van der Waals surface area contributed by atoms with Gasteiger partial charge in [-0.05, 0) is 19.8 Å². The second-order valence-electron chi connectivity index (χ2n) is 1.67. The second-order valence-corrected chi connectivity index (χ2v) is 1.67. The van der Waals surface area contributed by atoms with E-state index in [1.807, 2.05) is 0 Å². The average molecular weight is 85.1 g/mol. The van der Waals surface area contributed by atoms with E-state index >= 15 is 0 Å². The molecule has 0 aromatic heterocycles. The van der Waals surface area contributed by atoms with Gasteiger partial charge in [-0.1, -0.05) is 0 Å². The van der Waals surface area contributed by atoms with Crippen LogP contribution in [0.3, 0.4) is 0 Å². The van der Waals surface area contributed by atoms with E-state index in [-0.39, 0.29) is 0 Å². The monoisotopic (exact) mass is 85.1 g/mol. The van der Waals surface area contributed by atoms with Crippen molar-refractivity contribution < 1.29 is 4.74 Å². The largest absolute Gasteiger partial charge is 0.378 e. The standard InChI is InChI=1S/C5H9O/c1-5-3-2-4-6-5/h2,5H,3-4H2,1H3. The Labute approximate surface area is 38.3 Å². The smallest absolute Gasteiger partial charge is 0.0550 e. The van der Waals surface area contributed by atoms with E-state index in [4.69, 9.17) is 4.74 Å². The lowest BCUT2D eigenvalue weighted by Crippen LogP contribution is -1.94. The lowest BCUT2D eigenvalue weighted by Gasteiger charge is -1.94. The van der Waals surface area contributed by atoms with Crippen LogP contribution in [0.1, 0.15) is 13.3 Å². The van der Waals surface area contributed by atoms with Crippen molar-refractivity contribution in [2.24, 2.45) is 0 Å². The molecule has 1 nitrogen and oxygen atoms in total. The number of hydrogen-bond acceptors (Lipinski definition) is 1. The normalized spacial score (nSPS) is 34.5. The van der Waals surface area contributed by atoms with Gasteiger partial charge in [-0.25, -0.2) is 0 Å². The lowest BCUT2D eigenvalue weighted by molar-refractivity contribution is 0.128.